The van der Waals surface area contributed by atoms with Gasteiger partial charge in [-0.2, -0.15) is 9.61 Å². The summed E-state index contributed by atoms with van der Waals surface area (Å²) in [6, 6.07) is 4.49. The molecule has 0 spiro atoms. The summed E-state index contributed by atoms with van der Waals surface area (Å²) in [5.41, 5.74) is 1.14. The summed E-state index contributed by atoms with van der Waals surface area (Å²) in [4.78, 5) is 1.37. The largest absolute Gasteiger partial charge is 0.235 e. The Morgan fingerprint density at radius 3 is 2.82 bits per heavy atom. The molecule has 4 rings (SSSR count). The molecule has 0 saturated carbocycles. The lowest BCUT2D eigenvalue weighted by molar-refractivity contribution is 0.631. The van der Waals surface area contributed by atoms with Crippen LogP contribution in [-0.2, 0) is 0 Å². The van der Waals surface area contributed by atoms with Crippen LogP contribution in [0.3, 0.4) is 0 Å². The van der Waals surface area contributed by atoms with Crippen LogP contribution in [0.15, 0.2) is 18.2 Å². The average molecular weight is 353 g/mol. The Bertz CT molecular complexity index is 991. The maximum Gasteiger partial charge on any atom is 0.235 e. The predicted octanol–water partition coefficient (Wildman–Crippen LogP) is 3.47. The molecule has 3 heterocycles. The monoisotopic (exact) mass is 352 g/mol. The number of hydrogen-bond acceptors (Lipinski definition) is 7. The van der Waals surface area contributed by atoms with Gasteiger partial charge in [0, 0.05) is 10.6 Å². The van der Waals surface area contributed by atoms with E-state index in [0.29, 0.717) is 26.4 Å². The Kier molecular flexibility index (Phi) is 3.13. The van der Waals surface area contributed by atoms with Gasteiger partial charge in [-0.05, 0) is 36.7 Å². The fraction of sp³-hybridized carbons (Fsp3) is 0.0833. The number of aryl methyl sites for hydroxylation is 1. The van der Waals surface area contributed by atoms with Crippen molar-refractivity contribution in [1.82, 2.24) is 29.4 Å². The molecule has 4 aromatic rings. The second kappa shape index (κ2) is 5.04. The molecule has 10 heteroatoms. The molecule has 0 bridgehead atoms. The molecule has 0 N–H and O–H groups in total. The van der Waals surface area contributed by atoms with E-state index in [4.69, 9.17) is 11.6 Å². The van der Waals surface area contributed by atoms with E-state index in [0.717, 1.165) is 10.6 Å². The van der Waals surface area contributed by atoms with Crippen molar-refractivity contribution in [3.05, 3.63) is 34.7 Å². The number of benzene rings is 1. The molecule has 0 unspecified atom stereocenters. The van der Waals surface area contributed by atoms with Gasteiger partial charge in [0.15, 0.2) is 10.8 Å². The molecular formula is C12H6ClFN6S2. The van der Waals surface area contributed by atoms with Crippen molar-refractivity contribution in [1.29, 1.82) is 0 Å². The Labute approximate surface area is 136 Å². The predicted molar refractivity (Wildman–Crippen MR) is 82.7 cm³/mol. The molecule has 0 aliphatic heterocycles. The third kappa shape index (κ3) is 2.09. The molecule has 6 nitrogen and oxygen atoms in total. The molecule has 0 aliphatic rings. The van der Waals surface area contributed by atoms with Crippen molar-refractivity contribution in [3.8, 4) is 21.3 Å². The highest BCUT2D eigenvalue weighted by atomic mass is 35.5. The van der Waals surface area contributed by atoms with Crippen LogP contribution in [0.4, 0.5) is 4.39 Å². The SMILES string of the molecule is Cc1nnsc1-c1nnc2sc(-c3ccc(Cl)cc3F)nn12. The van der Waals surface area contributed by atoms with Gasteiger partial charge in [-0.25, -0.2) is 4.39 Å². The van der Waals surface area contributed by atoms with E-state index in [1.807, 2.05) is 6.92 Å². The maximum absolute atomic E-state index is 14.0. The fourth-order valence-corrected chi connectivity index (χ4v) is 3.62. The summed E-state index contributed by atoms with van der Waals surface area (Å²) in [7, 11) is 0. The van der Waals surface area contributed by atoms with Gasteiger partial charge in [0.2, 0.25) is 4.96 Å². The zero-order chi connectivity index (χ0) is 15.3. The highest BCUT2D eigenvalue weighted by Crippen LogP contribution is 2.32. The standard InChI is InChI=1S/C12H6ClFN6S2/c1-5-9(22-19-15-5)10-16-17-12-20(10)18-11(21-12)7-3-2-6(13)4-8(7)14/h2-4H,1H3. The van der Waals surface area contributed by atoms with Crippen LogP contribution in [0.25, 0.3) is 26.2 Å². The maximum atomic E-state index is 14.0. The van der Waals surface area contributed by atoms with E-state index >= 15 is 0 Å². The summed E-state index contributed by atoms with van der Waals surface area (Å²) in [6.07, 6.45) is 0. The minimum Gasteiger partial charge on any atom is -0.206 e. The lowest BCUT2D eigenvalue weighted by atomic mass is 10.2. The summed E-state index contributed by atoms with van der Waals surface area (Å²) in [5.74, 6) is 0.133. The normalized spacial score (nSPS) is 11.4. The van der Waals surface area contributed by atoms with E-state index < -0.39 is 5.82 Å². The van der Waals surface area contributed by atoms with Gasteiger partial charge in [0.1, 0.15) is 10.7 Å². The first kappa shape index (κ1) is 13.7. The van der Waals surface area contributed by atoms with Crippen LogP contribution < -0.4 is 0 Å². The van der Waals surface area contributed by atoms with Crippen LogP contribution in [-0.4, -0.2) is 29.4 Å². The first-order valence-electron chi connectivity index (χ1n) is 6.10. The Morgan fingerprint density at radius 2 is 2.09 bits per heavy atom. The van der Waals surface area contributed by atoms with Crippen LogP contribution in [0.5, 0.6) is 0 Å². The molecule has 0 atom stereocenters. The van der Waals surface area contributed by atoms with E-state index in [2.05, 4.69) is 24.9 Å². The van der Waals surface area contributed by atoms with Crippen molar-refractivity contribution >= 4 is 39.4 Å². The van der Waals surface area contributed by atoms with Gasteiger partial charge >= 0.3 is 0 Å². The molecule has 0 fully saturated rings. The second-order valence-electron chi connectivity index (χ2n) is 4.44. The highest BCUT2D eigenvalue weighted by Gasteiger charge is 2.19. The summed E-state index contributed by atoms with van der Waals surface area (Å²) < 4.78 is 19.5. The summed E-state index contributed by atoms with van der Waals surface area (Å²) in [5, 5.41) is 17.4. The minimum atomic E-state index is -0.422. The molecule has 0 radical (unpaired) electrons. The van der Waals surface area contributed by atoms with E-state index in [1.165, 1.54) is 28.9 Å². The van der Waals surface area contributed by atoms with E-state index in [9.17, 15) is 4.39 Å². The van der Waals surface area contributed by atoms with E-state index in [1.54, 1.807) is 16.6 Å². The Hall–Kier alpha value is -1.97. The van der Waals surface area contributed by atoms with Gasteiger partial charge in [-0.3, -0.25) is 0 Å². The molecule has 22 heavy (non-hydrogen) atoms. The minimum absolute atomic E-state index is 0.344. The third-order valence-electron chi connectivity index (χ3n) is 3.01. The van der Waals surface area contributed by atoms with Crippen LogP contribution in [0, 0.1) is 12.7 Å². The highest BCUT2D eigenvalue weighted by molar-refractivity contribution is 7.19. The number of hydrogen-bond donors (Lipinski definition) is 0. The van der Waals surface area contributed by atoms with Crippen molar-refractivity contribution < 1.29 is 4.39 Å². The number of rotatable bonds is 2. The molecule has 110 valence electrons. The van der Waals surface area contributed by atoms with Crippen molar-refractivity contribution in [3.63, 3.8) is 0 Å². The van der Waals surface area contributed by atoms with Crippen LogP contribution >= 0.6 is 34.5 Å². The van der Waals surface area contributed by atoms with E-state index in [-0.39, 0.29) is 0 Å². The molecule has 0 saturated heterocycles. The number of fused-ring (bicyclic) bond motifs is 1. The van der Waals surface area contributed by atoms with Crippen LogP contribution in [0.1, 0.15) is 5.69 Å². The zero-order valence-corrected chi connectivity index (χ0v) is 13.4. The number of halogens is 2. The Morgan fingerprint density at radius 1 is 1.23 bits per heavy atom. The first-order valence-corrected chi connectivity index (χ1v) is 8.07. The molecule has 0 aliphatic carbocycles. The topological polar surface area (TPSA) is 68.9 Å². The van der Waals surface area contributed by atoms with Gasteiger partial charge in [-0.1, -0.05) is 27.4 Å². The molecule has 3 aromatic heterocycles. The molecular weight excluding hydrogens is 347 g/mol. The number of nitrogens with zero attached hydrogens (tertiary/aromatic N) is 6. The zero-order valence-electron chi connectivity index (χ0n) is 11.0. The van der Waals surface area contributed by atoms with Gasteiger partial charge < -0.3 is 0 Å². The smallest absolute Gasteiger partial charge is 0.206 e. The van der Waals surface area contributed by atoms with Gasteiger partial charge in [0.25, 0.3) is 0 Å². The lowest BCUT2D eigenvalue weighted by Crippen LogP contribution is -1.91. The van der Waals surface area contributed by atoms with Crippen molar-refractivity contribution in [2.45, 2.75) is 6.92 Å². The van der Waals surface area contributed by atoms with Crippen molar-refractivity contribution in [2.75, 3.05) is 0 Å². The van der Waals surface area contributed by atoms with Crippen LogP contribution in [0.2, 0.25) is 5.02 Å². The first-order chi connectivity index (χ1) is 10.6. The summed E-state index contributed by atoms with van der Waals surface area (Å²) in [6.45, 7) is 1.84. The average Bonchev–Trinajstić information content (AvgIpc) is 3.14. The second-order valence-corrected chi connectivity index (χ2v) is 6.58. The quantitative estimate of drug-likeness (QED) is 0.552. The fourth-order valence-electron chi connectivity index (χ4n) is 1.97. The third-order valence-corrected chi connectivity index (χ3v) is 5.00. The van der Waals surface area contributed by atoms with Gasteiger partial charge in [-0.15, -0.1) is 15.3 Å². The molecule has 1 aromatic carbocycles. The lowest BCUT2D eigenvalue weighted by Gasteiger charge is -1.98. The molecule has 0 amide bonds. The number of aromatic nitrogens is 6. The van der Waals surface area contributed by atoms with Gasteiger partial charge in [0.05, 0.1) is 5.69 Å². The summed E-state index contributed by atoms with van der Waals surface area (Å²) >= 11 is 8.25. The Balaban J connectivity index is 1.89. The van der Waals surface area contributed by atoms with Crippen molar-refractivity contribution in [2.24, 2.45) is 0 Å².